The second-order valence-corrected chi connectivity index (χ2v) is 4.05. The van der Waals surface area contributed by atoms with Gasteiger partial charge in [0.2, 0.25) is 0 Å². The van der Waals surface area contributed by atoms with Crippen molar-refractivity contribution in [2.75, 3.05) is 13.2 Å². The number of ether oxygens (including phenoxy) is 2. The Morgan fingerprint density at radius 3 is 2.71 bits per heavy atom. The van der Waals surface area contributed by atoms with Gasteiger partial charge in [0.15, 0.2) is 0 Å². The molecule has 0 fully saturated rings. The zero-order chi connectivity index (χ0) is 14.5. The Kier molecular flexibility index (Phi) is 7.19. The molecule has 0 bridgehead atoms. The van der Waals surface area contributed by atoms with Gasteiger partial charge >= 0.3 is 63.3 Å². The van der Waals surface area contributed by atoms with Gasteiger partial charge in [0.1, 0.15) is 13.2 Å². The molecule has 7 nitrogen and oxygen atoms in total. The maximum atomic E-state index is 11.7. The van der Waals surface area contributed by atoms with Gasteiger partial charge in [-0.3, -0.25) is 5.21 Å². The van der Waals surface area contributed by atoms with E-state index in [2.05, 4.69) is 22.0 Å². The topological polar surface area (TPSA) is 92.5 Å². The smallest absolute Gasteiger partial charge is 0.459 e. The SMILES string of the molecule is C=C(C)C(=O)OCCOC(=O)c1ccc2[n-]nnc2c1.[K+]. The Morgan fingerprint density at radius 1 is 1.29 bits per heavy atom. The molecule has 104 valence electrons. The van der Waals surface area contributed by atoms with Gasteiger partial charge in [0.25, 0.3) is 0 Å². The third-order valence-electron chi connectivity index (χ3n) is 2.41. The summed E-state index contributed by atoms with van der Waals surface area (Å²) >= 11 is 0. The molecule has 0 radical (unpaired) electrons. The maximum Gasteiger partial charge on any atom is 1.00 e. The number of benzene rings is 1. The Balaban J connectivity index is 0.00000220. The summed E-state index contributed by atoms with van der Waals surface area (Å²) in [5, 5.41) is 11.0. The van der Waals surface area contributed by atoms with Crippen molar-refractivity contribution in [1.29, 1.82) is 0 Å². The van der Waals surface area contributed by atoms with Crippen LogP contribution in [0.25, 0.3) is 11.0 Å². The van der Waals surface area contributed by atoms with Crippen molar-refractivity contribution in [3.05, 3.63) is 35.9 Å². The second-order valence-electron chi connectivity index (χ2n) is 4.05. The zero-order valence-electron chi connectivity index (χ0n) is 11.8. The average Bonchev–Trinajstić information content (AvgIpc) is 2.90. The molecule has 1 aromatic carbocycles. The molecular weight excluding hydrogens is 301 g/mol. The Hall–Kier alpha value is -1.06. The number of nitrogens with zero attached hydrogens (tertiary/aromatic N) is 3. The number of fused-ring (bicyclic) bond motifs is 1. The van der Waals surface area contributed by atoms with Gasteiger partial charge in [-0.1, -0.05) is 12.6 Å². The summed E-state index contributed by atoms with van der Waals surface area (Å²) < 4.78 is 9.77. The standard InChI is InChI=1S/C13H13N3O4.K/c1-8(2)12(17)19-5-6-20-13(18)9-3-4-10-11(7-9)15-16-14-10;/h3-4,7H,1,5-6H2,2H3,(H,14,15,16,18);/q;+1/p-1. The van der Waals surface area contributed by atoms with Gasteiger partial charge < -0.3 is 19.7 Å². The van der Waals surface area contributed by atoms with E-state index in [1.165, 1.54) is 6.07 Å². The number of esters is 2. The number of carbonyl (C=O) groups excluding carboxylic acids is 2. The van der Waals surface area contributed by atoms with Crippen molar-refractivity contribution in [1.82, 2.24) is 15.4 Å². The van der Waals surface area contributed by atoms with Gasteiger partial charge in [0, 0.05) is 5.57 Å². The van der Waals surface area contributed by atoms with E-state index >= 15 is 0 Å². The van der Waals surface area contributed by atoms with Crippen LogP contribution in [0.4, 0.5) is 0 Å². The number of hydrogen-bond acceptors (Lipinski definition) is 6. The molecule has 8 heteroatoms. The molecule has 2 rings (SSSR count). The normalized spacial score (nSPS) is 9.76. The number of carbonyl (C=O) groups is 2. The Bertz CT molecular complexity index is 668. The van der Waals surface area contributed by atoms with Crippen LogP contribution >= 0.6 is 0 Å². The van der Waals surface area contributed by atoms with Crippen molar-refractivity contribution in [3.8, 4) is 0 Å². The third kappa shape index (κ3) is 5.01. The van der Waals surface area contributed by atoms with Crippen molar-refractivity contribution < 1.29 is 70.4 Å². The van der Waals surface area contributed by atoms with E-state index in [-0.39, 0.29) is 64.6 Å². The minimum atomic E-state index is -0.527. The first-order valence-corrected chi connectivity index (χ1v) is 5.83. The quantitative estimate of drug-likeness (QED) is 0.269. The maximum absolute atomic E-state index is 11.7. The molecule has 0 aliphatic heterocycles. The molecular formula is C13H12KN3O4. The van der Waals surface area contributed by atoms with Crippen LogP contribution in [-0.2, 0) is 14.3 Å². The molecule has 0 N–H and O–H groups in total. The van der Waals surface area contributed by atoms with Crippen molar-refractivity contribution in [2.45, 2.75) is 6.92 Å². The van der Waals surface area contributed by atoms with Crippen LogP contribution in [-0.4, -0.2) is 35.5 Å². The van der Waals surface area contributed by atoms with E-state index < -0.39 is 11.9 Å². The van der Waals surface area contributed by atoms with E-state index in [4.69, 9.17) is 9.47 Å². The van der Waals surface area contributed by atoms with Crippen LogP contribution in [0, 0.1) is 0 Å². The molecule has 0 amide bonds. The van der Waals surface area contributed by atoms with E-state index in [1.807, 2.05) is 0 Å². The first-order valence-electron chi connectivity index (χ1n) is 5.83. The minimum absolute atomic E-state index is 0. The molecule has 0 unspecified atom stereocenters. The fourth-order valence-electron chi connectivity index (χ4n) is 1.41. The van der Waals surface area contributed by atoms with Crippen LogP contribution < -0.4 is 56.5 Å². The van der Waals surface area contributed by atoms with Crippen molar-refractivity contribution >= 4 is 23.0 Å². The van der Waals surface area contributed by atoms with Gasteiger partial charge in [-0.05, 0) is 30.1 Å². The van der Waals surface area contributed by atoms with Crippen LogP contribution in [0.3, 0.4) is 0 Å². The number of rotatable bonds is 5. The van der Waals surface area contributed by atoms with Crippen molar-refractivity contribution in [3.63, 3.8) is 0 Å². The summed E-state index contributed by atoms with van der Waals surface area (Å²) in [7, 11) is 0. The van der Waals surface area contributed by atoms with E-state index in [1.54, 1.807) is 19.1 Å². The fraction of sp³-hybridized carbons (Fsp3) is 0.231. The largest absolute Gasteiger partial charge is 1.00 e. The molecule has 0 atom stereocenters. The summed E-state index contributed by atoms with van der Waals surface area (Å²) in [5.41, 5.74) is 1.76. The predicted molar refractivity (Wildman–Crippen MR) is 68.9 cm³/mol. The Labute approximate surface area is 163 Å². The summed E-state index contributed by atoms with van der Waals surface area (Å²) in [6, 6.07) is 4.74. The summed E-state index contributed by atoms with van der Waals surface area (Å²) in [6.07, 6.45) is 0. The predicted octanol–water partition coefficient (Wildman–Crippen LogP) is -2.13. The Morgan fingerprint density at radius 2 is 2.00 bits per heavy atom. The summed E-state index contributed by atoms with van der Waals surface area (Å²) in [4.78, 5) is 22.8. The van der Waals surface area contributed by atoms with Crippen LogP contribution in [0.2, 0.25) is 0 Å². The molecule has 0 aliphatic carbocycles. The van der Waals surface area contributed by atoms with E-state index in [0.717, 1.165) is 0 Å². The second kappa shape index (κ2) is 8.40. The molecule has 0 spiro atoms. The first kappa shape index (κ1) is 18.0. The van der Waals surface area contributed by atoms with E-state index in [9.17, 15) is 9.59 Å². The van der Waals surface area contributed by atoms with Crippen LogP contribution in [0.1, 0.15) is 17.3 Å². The van der Waals surface area contributed by atoms with Gasteiger partial charge in [-0.2, -0.15) is 0 Å². The third-order valence-corrected chi connectivity index (χ3v) is 2.41. The molecule has 2 aromatic rings. The molecule has 0 saturated carbocycles. The molecule has 0 saturated heterocycles. The molecule has 0 aliphatic rings. The molecule has 1 aromatic heterocycles. The summed E-state index contributed by atoms with van der Waals surface area (Å²) in [6.45, 7) is 4.94. The monoisotopic (exact) mass is 313 g/mol. The minimum Gasteiger partial charge on any atom is -0.459 e. The zero-order valence-corrected chi connectivity index (χ0v) is 15.0. The fourth-order valence-corrected chi connectivity index (χ4v) is 1.41. The van der Waals surface area contributed by atoms with Crippen molar-refractivity contribution in [2.24, 2.45) is 0 Å². The molecule has 21 heavy (non-hydrogen) atoms. The number of aromatic nitrogens is 3. The van der Waals surface area contributed by atoms with Crippen LogP contribution in [0.5, 0.6) is 0 Å². The first-order chi connectivity index (χ1) is 9.58. The van der Waals surface area contributed by atoms with Gasteiger partial charge in [-0.15, -0.1) is 0 Å². The summed E-state index contributed by atoms with van der Waals surface area (Å²) in [5.74, 6) is -1.04. The van der Waals surface area contributed by atoms with Crippen LogP contribution in [0.15, 0.2) is 30.4 Å². The van der Waals surface area contributed by atoms with E-state index in [0.29, 0.717) is 22.2 Å². The molecule has 1 heterocycles. The number of hydrogen-bond donors (Lipinski definition) is 0. The van der Waals surface area contributed by atoms with Gasteiger partial charge in [0.05, 0.1) is 5.56 Å². The average molecular weight is 313 g/mol. The van der Waals surface area contributed by atoms with Gasteiger partial charge in [-0.25, -0.2) is 9.59 Å².